The molecule has 0 saturated carbocycles. The van der Waals surface area contributed by atoms with E-state index in [-0.39, 0.29) is 18.7 Å². The maximum absolute atomic E-state index is 9.69. The Bertz CT molecular complexity index is 853. The predicted octanol–water partition coefficient (Wildman–Crippen LogP) is 3.19. The second-order valence-corrected chi connectivity index (χ2v) is 6.39. The van der Waals surface area contributed by atoms with E-state index in [9.17, 15) is 5.11 Å². The third-order valence-electron chi connectivity index (χ3n) is 3.71. The molecule has 0 saturated heterocycles. The number of hydrogen-bond donors (Lipinski definition) is 3. The summed E-state index contributed by atoms with van der Waals surface area (Å²) in [6.45, 7) is 3.96. The molecule has 0 bridgehead atoms. The number of pyridine rings is 1. The zero-order chi connectivity index (χ0) is 18.5. The van der Waals surface area contributed by atoms with Crippen molar-refractivity contribution >= 4 is 29.1 Å². The zero-order valence-electron chi connectivity index (χ0n) is 14.5. The molecule has 9 heteroatoms. The Morgan fingerprint density at radius 2 is 2.12 bits per heavy atom. The highest BCUT2D eigenvalue weighted by atomic mass is 35.5. The van der Waals surface area contributed by atoms with Crippen LogP contribution in [-0.4, -0.2) is 36.4 Å². The molecule has 0 unspecified atom stereocenters. The molecule has 26 heavy (non-hydrogen) atoms. The molecule has 0 aliphatic rings. The fraction of sp³-hybridized carbons (Fsp3) is 0.294. The van der Waals surface area contributed by atoms with Gasteiger partial charge >= 0.3 is 0 Å². The maximum Gasteiger partial charge on any atom is 0.229 e. The largest absolute Gasteiger partial charge is 0.394 e. The summed E-state index contributed by atoms with van der Waals surface area (Å²) in [6, 6.07) is 3.56. The summed E-state index contributed by atoms with van der Waals surface area (Å²) in [4.78, 5) is 12.7. The zero-order valence-corrected chi connectivity index (χ0v) is 15.2. The van der Waals surface area contributed by atoms with Crippen molar-refractivity contribution in [3.8, 4) is 0 Å². The first-order valence-corrected chi connectivity index (χ1v) is 8.55. The standard InChI is InChI=1S/C17H20ClN7O/c1-11(2)25-9-13(7-21-25)22-17-20-8-14(18)16(24-17)23-15(10-26)12-4-3-5-19-6-12/h3-9,11,15,26H,10H2,1-2H3,(H2,20,22,23,24)/t15-/m1/s1. The number of anilines is 3. The van der Waals surface area contributed by atoms with Crippen LogP contribution in [0.1, 0.15) is 31.5 Å². The van der Waals surface area contributed by atoms with E-state index in [2.05, 4.69) is 30.7 Å². The number of aliphatic hydroxyl groups excluding tert-OH is 1. The second kappa shape index (κ2) is 8.11. The smallest absolute Gasteiger partial charge is 0.229 e. The Kier molecular flexibility index (Phi) is 5.65. The Balaban J connectivity index is 1.78. The predicted molar refractivity (Wildman–Crippen MR) is 101 cm³/mol. The topological polar surface area (TPSA) is 101 Å². The molecule has 0 aliphatic carbocycles. The van der Waals surface area contributed by atoms with Crippen LogP contribution >= 0.6 is 11.6 Å². The summed E-state index contributed by atoms with van der Waals surface area (Å²) in [7, 11) is 0. The van der Waals surface area contributed by atoms with Gasteiger partial charge in [0.05, 0.1) is 30.7 Å². The lowest BCUT2D eigenvalue weighted by Gasteiger charge is -2.18. The Morgan fingerprint density at radius 3 is 2.77 bits per heavy atom. The molecule has 0 amide bonds. The van der Waals surface area contributed by atoms with E-state index >= 15 is 0 Å². The molecule has 0 radical (unpaired) electrons. The molecule has 3 rings (SSSR count). The normalized spacial score (nSPS) is 12.2. The van der Waals surface area contributed by atoms with Gasteiger partial charge in [0.25, 0.3) is 0 Å². The molecule has 3 aromatic heterocycles. The molecule has 0 aliphatic heterocycles. The fourth-order valence-corrected chi connectivity index (χ4v) is 2.47. The molecule has 136 valence electrons. The van der Waals surface area contributed by atoms with Crippen LogP contribution in [-0.2, 0) is 0 Å². The van der Waals surface area contributed by atoms with Gasteiger partial charge in [-0.2, -0.15) is 10.1 Å². The number of nitrogens with one attached hydrogen (secondary N) is 2. The Morgan fingerprint density at radius 1 is 1.27 bits per heavy atom. The molecule has 0 aromatic carbocycles. The minimum Gasteiger partial charge on any atom is -0.394 e. The highest BCUT2D eigenvalue weighted by Crippen LogP contribution is 2.25. The van der Waals surface area contributed by atoms with Crippen molar-refractivity contribution in [3.63, 3.8) is 0 Å². The van der Waals surface area contributed by atoms with E-state index in [4.69, 9.17) is 11.6 Å². The first kappa shape index (κ1) is 18.1. The first-order chi connectivity index (χ1) is 12.6. The highest BCUT2D eigenvalue weighted by Gasteiger charge is 2.14. The summed E-state index contributed by atoms with van der Waals surface area (Å²) >= 11 is 6.20. The molecule has 3 aromatic rings. The number of aliphatic hydroxyl groups is 1. The van der Waals surface area contributed by atoms with Gasteiger partial charge in [0.1, 0.15) is 5.02 Å². The lowest BCUT2D eigenvalue weighted by Crippen LogP contribution is -2.16. The van der Waals surface area contributed by atoms with E-state index in [0.717, 1.165) is 11.3 Å². The van der Waals surface area contributed by atoms with Crippen LogP contribution < -0.4 is 10.6 Å². The van der Waals surface area contributed by atoms with E-state index in [1.165, 1.54) is 6.20 Å². The van der Waals surface area contributed by atoms with Crippen LogP contribution in [0, 0.1) is 0 Å². The van der Waals surface area contributed by atoms with Gasteiger partial charge in [-0.3, -0.25) is 9.67 Å². The van der Waals surface area contributed by atoms with E-state index in [1.807, 2.05) is 30.8 Å². The monoisotopic (exact) mass is 373 g/mol. The summed E-state index contributed by atoms with van der Waals surface area (Å²) < 4.78 is 1.83. The molecular formula is C17H20ClN7O. The summed E-state index contributed by atoms with van der Waals surface area (Å²) in [5, 5.41) is 20.5. The van der Waals surface area contributed by atoms with Gasteiger partial charge < -0.3 is 15.7 Å². The number of hydrogen-bond acceptors (Lipinski definition) is 7. The minimum absolute atomic E-state index is 0.129. The highest BCUT2D eigenvalue weighted by molar-refractivity contribution is 6.32. The van der Waals surface area contributed by atoms with Gasteiger partial charge in [0.15, 0.2) is 5.82 Å². The van der Waals surface area contributed by atoms with Crippen LogP contribution in [0.15, 0.2) is 43.1 Å². The van der Waals surface area contributed by atoms with Crippen molar-refractivity contribution in [2.75, 3.05) is 17.2 Å². The van der Waals surface area contributed by atoms with E-state index in [0.29, 0.717) is 16.8 Å². The maximum atomic E-state index is 9.69. The fourth-order valence-electron chi connectivity index (χ4n) is 2.32. The van der Waals surface area contributed by atoms with Crippen molar-refractivity contribution in [3.05, 3.63) is 53.7 Å². The van der Waals surface area contributed by atoms with E-state index < -0.39 is 0 Å². The molecule has 0 fully saturated rings. The quantitative estimate of drug-likeness (QED) is 0.584. The molecule has 0 spiro atoms. The van der Waals surface area contributed by atoms with Crippen molar-refractivity contribution < 1.29 is 5.11 Å². The number of rotatable bonds is 7. The Hall–Kier alpha value is -2.71. The molecule has 3 heterocycles. The minimum atomic E-state index is -0.382. The van der Waals surface area contributed by atoms with Gasteiger partial charge in [0.2, 0.25) is 5.95 Å². The van der Waals surface area contributed by atoms with E-state index in [1.54, 1.807) is 24.7 Å². The Labute approximate surface area is 156 Å². The van der Waals surface area contributed by atoms with Crippen molar-refractivity contribution in [1.82, 2.24) is 24.7 Å². The SMILES string of the molecule is CC(C)n1cc(Nc2ncc(Cl)c(N[C@H](CO)c3cccnc3)n2)cn1. The van der Waals surface area contributed by atoms with Crippen LogP contribution in [0.3, 0.4) is 0 Å². The van der Waals surface area contributed by atoms with Crippen LogP contribution in [0.4, 0.5) is 17.5 Å². The molecular weight excluding hydrogens is 354 g/mol. The summed E-state index contributed by atoms with van der Waals surface area (Å²) in [5.41, 5.74) is 1.61. The van der Waals surface area contributed by atoms with Gasteiger partial charge in [-0.25, -0.2) is 4.98 Å². The van der Waals surface area contributed by atoms with Crippen LogP contribution in [0.5, 0.6) is 0 Å². The molecule has 1 atom stereocenters. The number of aromatic nitrogens is 5. The van der Waals surface area contributed by atoms with Crippen molar-refractivity contribution in [2.45, 2.75) is 25.9 Å². The second-order valence-electron chi connectivity index (χ2n) is 5.98. The van der Waals surface area contributed by atoms with Gasteiger partial charge in [-0.15, -0.1) is 0 Å². The summed E-state index contributed by atoms with van der Waals surface area (Å²) in [6.07, 6.45) is 8.44. The lowest BCUT2D eigenvalue weighted by atomic mass is 10.1. The van der Waals surface area contributed by atoms with Crippen LogP contribution in [0.25, 0.3) is 0 Å². The van der Waals surface area contributed by atoms with Gasteiger partial charge in [-0.1, -0.05) is 17.7 Å². The molecule has 8 nitrogen and oxygen atoms in total. The van der Waals surface area contributed by atoms with Crippen molar-refractivity contribution in [1.29, 1.82) is 0 Å². The van der Waals surface area contributed by atoms with Gasteiger partial charge in [-0.05, 0) is 25.5 Å². The lowest BCUT2D eigenvalue weighted by molar-refractivity contribution is 0.276. The third-order valence-corrected chi connectivity index (χ3v) is 3.99. The third kappa shape index (κ3) is 4.27. The average molecular weight is 374 g/mol. The summed E-state index contributed by atoms with van der Waals surface area (Å²) in [5.74, 6) is 0.798. The van der Waals surface area contributed by atoms with Crippen LogP contribution in [0.2, 0.25) is 5.02 Å². The average Bonchev–Trinajstić information content (AvgIpc) is 3.11. The van der Waals surface area contributed by atoms with Gasteiger partial charge in [0, 0.05) is 24.6 Å². The van der Waals surface area contributed by atoms with Crippen molar-refractivity contribution in [2.24, 2.45) is 0 Å². The number of halogens is 1. The number of nitrogens with zero attached hydrogens (tertiary/aromatic N) is 5. The first-order valence-electron chi connectivity index (χ1n) is 8.18. The molecule has 3 N–H and O–H groups in total.